The number of hydrogen-bond donors (Lipinski definition) is 2. The third-order valence-electron chi connectivity index (χ3n) is 4.12. The van der Waals surface area contributed by atoms with E-state index < -0.39 is 0 Å². The van der Waals surface area contributed by atoms with Gasteiger partial charge in [-0.2, -0.15) is 0 Å². The summed E-state index contributed by atoms with van der Waals surface area (Å²) < 4.78 is 11.0. The van der Waals surface area contributed by atoms with Gasteiger partial charge in [0.25, 0.3) is 5.91 Å². The zero-order chi connectivity index (χ0) is 14.7. The molecule has 2 unspecified atom stereocenters. The number of carbonyl (C=O) groups excluding carboxylic acids is 1. The molecule has 0 saturated carbocycles. The zero-order valence-electron chi connectivity index (χ0n) is 12.4. The van der Waals surface area contributed by atoms with E-state index in [2.05, 4.69) is 17.6 Å². The lowest BCUT2D eigenvalue weighted by atomic mass is 9.99. The van der Waals surface area contributed by atoms with Crippen LogP contribution in [0.2, 0.25) is 0 Å². The number of piperidine rings is 1. The van der Waals surface area contributed by atoms with E-state index in [1.807, 2.05) is 0 Å². The maximum absolute atomic E-state index is 12.3. The maximum Gasteiger partial charge on any atom is 0.251 e. The standard InChI is InChI=1S/C16H22N2O3/c1-11(13-4-2-3-7-17-13)18-16(19)12-5-6-14-15(10-12)21-9-8-20-14/h5-6,10-11,13,17H,2-4,7-9H2,1H3,(H,18,19). The molecule has 0 aliphatic carbocycles. The fourth-order valence-electron chi connectivity index (χ4n) is 2.88. The van der Waals surface area contributed by atoms with Crippen molar-refractivity contribution >= 4 is 5.91 Å². The van der Waals surface area contributed by atoms with E-state index in [0.717, 1.165) is 13.0 Å². The van der Waals surface area contributed by atoms with E-state index in [1.54, 1.807) is 18.2 Å². The predicted molar refractivity (Wildman–Crippen MR) is 80.0 cm³/mol. The van der Waals surface area contributed by atoms with Crippen LogP contribution in [0.25, 0.3) is 0 Å². The Morgan fingerprint density at radius 1 is 1.29 bits per heavy atom. The topological polar surface area (TPSA) is 59.6 Å². The van der Waals surface area contributed by atoms with Gasteiger partial charge in [-0.3, -0.25) is 4.79 Å². The van der Waals surface area contributed by atoms with Crippen LogP contribution >= 0.6 is 0 Å². The first kappa shape index (κ1) is 14.2. The van der Waals surface area contributed by atoms with E-state index in [0.29, 0.717) is 36.3 Å². The summed E-state index contributed by atoms with van der Waals surface area (Å²) in [5.41, 5.74) is 0.613. The highest BCUT2D eigenvalue weighted by molar-refractivity contribution is 5.95. The second-order valence-electron chi connectivity index (χ2n) is 5.68. The normalized spacial score (nSPS) is 22.4. The Morgan fingerprint density at radius 2 is 2.10 bits per heavy atom. The second-order valence-corrected chi connectivity index (χ2v) is 5.68. The molecule has 2 heterocycles. The molecule has 2 aliphatic heterocycles. The number of benzene rings is 1. The summed E-state index contributed by atoms with van der Waals surface area (Å²) in [6, 6.07) is 5.81. The van der Waals surface area contributed by atoms with Crippen molar-refractivity contribution in [3.05, 3.63) is 23.8 Å². The minimum absolute atomic E-state index is 0.0631. The fourth-order valence-corrected chi connectivity index (χ4v) is 2.88. The molecule has 0 aromatic heterocycles. The van der Waals surface area contributed by atoms with Gasteiger partial charge in [-0.05, 0) is 44.5 Å². The van der Waals surface area contributed by atoms with Crippen molar-refractivity contribution in [2.24, 2.45) is 0 Å². The molecular weight excluding hydrogens is 268 g/mol. The fraction of sp³-hybridized carbons (Fsp3) is 0.562. The lowest BCUT2D eigenvalue weighted by molar-refractivity contribution is 0.0927. The number of fused-ring (bicyclic) bond motifs is 1. The Bertz CT molecular complexity index is 512. The van der Waals surface area contributed by atoms with Crippen LogP contribution in [0.15, 0.2) is 18.2 Å². The van der Waals surface area contributed by atoms with Crippen LogP contribution in [-0.2, 0) is 0 Å². The van der Waals surface area contributed by atoms with Crippen molar-refractivity contribution in [2.45, 2.75) is 38.3 Å². The molecule has 1 aromatic carbocycles. The third kappa shape index (κ3) is 3.29. The third-order valence-corrected chi connectivity index (χ3v) is 4.12. The van der Waals surface area contributed by atoms with Crippen molar-refractivity contribution in [3.8, 4) is 11.5 Å². The van der Waals surface area contributed by atoms with Gasteiger partial charge in [-0.25, -0.2) is 0 Å². The summed E-state index contributed by atoms with van der Waals surface area (Å²) in [6.45, 7) is 4.18. The van der Waals surface area contributed by atoms with Crippen LogP contribution in [-0.4, -0.2) is 37.7 Å². The average molecular weight is 290 g/mol. The molecular formula is C16H22N2O3. The van der Waals surface area contributed by atoms with Crippen LogP contribution in [0.4, 0.5) is 0 Å². The summed E-state index contributed by atoms with van der Waals surface area (Å²) in [6.07, 6.45) is 3.56. The Labute approximate surface area is 125 Å². The highest BCUT2D eigenvalue weighted by Gasteiger charge is 2.22. The number of hydrogen-bond acceptors (Lipinski definition) is 4. The SMILES string of the molecule is CC(NC(=O)c1ccc2c(c1)OCCO2)C1CCCCN1. The smallest absolute Gasteiger partial charge is 0.251 e. The van der Waals surface area contributed by atoms with Gasteiger partial charge in [-0.1, -0.05) is 6.42 Å². The molecule has 1 aromatic rings. The molecule has 5 heteroatoms. The highest BCUT2D eigenvalue weighted by atomic mass is 16.6. The van der Waals surface area contributed by atoms with Crippen molar-refractivity contribution in [1.29, 1.82) is 0 Å². The minimum Gasteiger partial charge on any atom is -0.486 e. The number of nitrogens with one attached hydrogen (secondary N) is 2. The first-order valence-electron chi connectivity index (χ1n) is 7.68. The summed E-state index contributed by atoms with van der Waals surface area (Å²) in [7, 11) is 0. The number of rotatable bonds is 3. The van der Waals surface area contributed by atoms with E-state index in [1.165, 1.54) is 12.8 Å². The lowest BCUT2D eigenvalue weighted by Crippen LogP contribution is -2.50. The van der Waals surface area contributed by atoms with Gasteiger partial charge in [0.15, 0.2) is 11.5 Å². The number of ether oxygens (including phenoxy) is 2. The number of amides is 1. The highest BCUT2D eigenvalue weighted by Crippen LogP contribution is 2.30. The molecule has 0 bridgehead atoms. The van der Waals surface area contributed by atoms with Gasteiger partial charge in [0.05, 0.1) is 0 Å². The van der Waals surface area contributed by atoms with Gasteiger partial charge < -0.3 is 20.1 Å². The maximum atomic E-state index is 12.3. The van der Waals surface area contributed by atoms with Crippen LogP contribution < -0.4 is 20.1 Å². The molecule has 5 nitrogen and oxygen atoms in total. The Morgan fingerprint density at radius 3 is 2.86 bits per heavy atom. The molecule has 0 radical (unpaired) electrons. The van der Waals surface area contributed by atoms with Gasteiger partial charge in [0, 0.05) is 17.6 Å². The average Bonchev–Trinajstić information content (AvgIpc) is 2.55. The second kappa shape index (κ2) is 6.35. The van der Waals surface area contributed by atoms with E-state index >= 15 is 0 Å². The quantitative estimate of drug-likeness (QED) is 0.890. The van der Waals surface area contributed by atoms with Crippen molar-refractivity contribution in [1.82, 2.24) is 10.6 Å². The molecule has 21 heavy (non-hydrogen) atoms. The number of carbonyl (C=O) groups is 1. The van der Waals surface area contributed by atoms with Crippen molar-refractivity contribution in [2.75, 3.05) is 19.8 Å². The van der Waals surface area contributed by atoms with Gasteiger partial charge in [0.1, 0.15) is 13.2 Å². The van der Waals surface area contributed by atoms with Gasteiger partial charge in [0.2, 0.25) is 0 Å². The van der Waals surface area contributed by atoms with Crippen LogP contribution in [0.5, 0.6) is 11.5 Å². The zero-order valence-corrected chi connectivity index (χ0v) is 12.4. The summed E-state index contributed by atoms with van der Waals surface area (Å²) in [4.78, 5) is 12.3. The summed E-state index contributed by atoms with van der Waals surface area (Å²) in [5.74, 6) is 1.30. The molecule has 2 atom stereocenters. The van der Waals surface area contributed by atoms with Gasteiger partial charge in [-0.15, -0.1) is 0 Å². The Hall–Kier alpha value is -1.75. The molecule has 1 fully saturated rings. The van der Waals surface area contributed by atoms with Crippen LogP contribution in [0, 0.1) is 0 Å². The molecule has 2 N–H and O–H groups in total. The largest absolute Gasteiger partial charge is 0.486 e. The molecule has 3 rings (SSSR count). The first-order valence-corrected chi connectivity index (χ1v) is 7.68. The monoisotopic (exact) mass is 290 g/mol. The Kier molecular flexibility index (Phi) is 4.29. The van der Waals surface area contributed by atoms with E-state index in [4.69, 9.17) is 9.47 Å². The predicted octanol–water partition coefficient (Wildman–Crippen LogP) is 1.72. The molecule has 1 amide bonds. The van der Waals surface area contributed by atoms with Gasteiger partial charge >= 0.3 is 0 Å². The van der Waals surface area contributed by atoms with Crippen LogP contribution in [0.1, 0.15) is 36.5 Å². The van der Waals surface area contributed by atoms with Crippen LogP contribution in [0.3, 0.4) is 0 Å². The summed E-state index contributed by atoms with van der Waals surface area (Å²) >= 11 is 0. The van der Waals surface area contributed by atoms with Crippen molar-refractivity contribution in [3.63, 3.8) is 0 Å². The molecule has 2 aliphatic rings. The molecule has 114 valence electrons. The Balaban J connectivity index is 1.64. The lowest BCUT2D eigenvalue weighted by Gasteiger charge is -2.29. The first-order chi connectivity index (χ1) is 10.2. The van der Waals surface area contributed by atoms with E-state index in [-0.39, 0.29) is 11.9 Å². The minimum atomic E-state index is -0.0631. The van der Waals surface area contributed by atoms with Crippen molar-refractivity contribution < 1.29 is 14.3 Å². The molecule has 0 spiro atoms. The summed E-state index contributed by atoms with van der Waals surface area (Å²) in [5, 5.41) is 6.54. The van der Waals surface area contributed by atoms with E-state index in [9.17, 15) is 4.79 Å². The molecule has 1 saturated heterocycles.